The van der Waals surface area contributed by atoms with Gasteiger partial charge in [0.25, 0.3) is 5.91 Å². The first kappa shape index (κ1) is 19.7. The summed E-state index contributed by atoms with van der Waals surface area (Å²) in [6, 6.07) is 11.4. The SMILES string of the molecule is COCCN1C(=O)c2[nH]nc(-c3cc(C)cc(C)c3O)c2C1c1ccc(Br)cc1. The fraction of sp³-hybridized carbons (Fsp3) is 0.273. The van der Waals surface area contributed by atoms with E-state index in [0.29, 0.717) is 30.1 Å². The molecule has 1 amide bonds. The molecule has 29 heavy (non-hydrogen) atoms. The summed E-state index contributed by atoms with van der Waals surface area (Å²) in [6.45, 7) is 4.73. The van der Waals surface area contributed by atoms with Gasteiger partial charge in [-0.3, -0.25) is 9.89 Å². The Hall–Kier alpha value is -2.64. The Morgan fingerprint density at radius 1 is 1.24 bits per heavy atom. The van der Waals surface area contributed by atoms with Crippen LogP contribution < -0.4 is 0 Å². The molecule has 0 saturated heterocycles. The molecule has 2 N–H and O–H groups in total. The van der Waals surface area contributed by atoms with Crippen LogP contribution >= 0.6 is 15.9 Å². The first-order valence-electron chi connectivity index (χ1n) is 9.36. The average molecular weight is 456 g/mol. The number of carbonyl (C=O) groups is 1. The number of halogens is 1. The quantitative estimate of drug-likeness (QED) is 0.599. The number of aromatic hydroxyl groups is 1. The predicted octanol–water partition coefficient (Wildman–Crippen LogP) is 4.35. The molecule has 1 aliphatic heterocycles. The molecule has 0 fully saturated rings. The van der Waals surface area contributed by atoms with E-state index in [4.69, 9.17) is 4.74 Å². The van der Waals surface area contributed by atoms with Crippen LogP contribution in [0.15, 0.2) is 40.9 Å². The number of amides is 1. The Bertz CT molecular complexity index is 1080. The molecule has 4 rings (SSSR count). The number of carbonyl (C=O) groups excluding carboxylic acids is 1. The third-order valence-electron chi connectivity index (χ3n) is 5.29. The molecule has 0 bridgehead atoms. The van der Waals surface area contributed by atoms with Crippen molar-refractivity contribution in [1.82, 2.24) is 15.1 Å². The molecule has 1 aromatic heterocycles. The number of methoxy groups -OCH3 is 1. The van der Waals surface area contributed by atoms with E-state index >= 15 is 0 Å². The maximum Gasteiger partial charge on any atom is 0.273 e. The fourth-order valence-corrected chi connectivity index (χ4v) is 4.22. The third kappa shape index (κ3) is 3.34. The van der Waals surface area contributed by atoms with Crippen molar-refractivity contribution in [1.29, 1.82) is 0 Å². The summed E-state index contributed by atoms with van der Waals surface area (Å²) >= 11 is 3.47. The van der Waals surface area contributed by atoms with E-state index in [-0.39, 0.29) is 17.7 Å². The standard InChI is InChI=1S/C22H22BrN3O3/c1-12-10-13(2)21(27)16(11-12)18-17-19(25-24-18)22(28)26(8-9-29-3)20(17)14-4-6-15(23)7-5-14/h4-7,10-11,20,27H,8-9H2,1-3H3,(H,24,25). The van der Waals surface area contributed by atoms with Gasteiger partial charge < -0.3 is 14.7 Å². The lowest BCUT2D eigenvalue weighted by atomic mass is 9.94. The maximum absolute atomic E-state index is 13.1. The van der Waals surface area contributed by atoms with Crippen molar-refractivity contribution < 1.29 is 14.6 Å². The molecule has 0 saturated carbocycles. The second kappa shape index (κ2) is 7.65. The van der Waals surface area contributed by atoms with Crippen molar-refractivity contribution in [2.24, 2.45) is 0 Å². The molecule has 1 aliphatic rings. The minimum atomic E-state index is -0.310. The van der Waals surface area contributed by atoms with E-state index in [1.807, 2.05) is 50.2 Å². The normalized spacial score (nSPS) is 15.8. The van der Waals surface area contributed by atoms with Crippen LogP contribution in [0.5, 0.6) is 5.75 Å². The van der Waals surface area contributed by atoms with E-state index in [1.54, 1.807) is 12.0 Å². The van der Waals surface area contributed by atoms with Crippen molar-refractivity contribution in [3.63, 3.8) is 0 Å². The molecule has 3 aromatic rings. The molecule has 0 aliphatic carbocycles. The Morgan fingerprint density at radius 2 is 1.97 bits per heavy atom. The lowest BCUT2D eigenvalue weighted by molar-refractivity contribution is 0.0677. The van der Waals surface area contributed by atoms with Gasteiger partial charge in [-0.25, -0.2) is 0 Å². The van der Waals surface area contributed by atoms with Crippen molar-refractivity contribution in [3.05, 3.63) is 68.8 Å². The fourth-order valence-electron chi connectivity index (χ4n) is 3.95. The summed E-state index contributed by atoms with van der Waals surface area (Å²) in [5, 5.41) is 18.1. The van der Waals surface area contributed by atoms with E-state index in [0.717, 1.165) is 26.7 Å². The van der Waals surface area contributed by atoms with E-state index in [2.05, 4.69) is 26.1 Å². The number of ether oxygens (including phenoxy) is 1. The molecule has 0 spiro atoms. The summed E-state index contributed by atoms with van der Waals surface area (Å²) < 4.78 is 6.20. The topological polar surface area (TPSA) is 78.5 Å². The number of benzene rings is 2. The van der Waals surface area contributed by atoms with Gasteiger partial charge in [-0.1, -0.05) is 34.1 Å². The van der Waals surface area contributed by atoms with E-state index in [9.17, 15) is 9.90 Å². The van der Waals surface area contributed by atoms with Gasteiger partial charge in [-0.05, 0) is 48.7 Å². The van der Waals surface area contributed by atoms with Gasteiger partial charge in [0, 0.05) is 29.3 Å². The zero-order valence-electron chi connectivity index (χ0n) is 16.5. The maximum atomic E-state index is 13.1. The minimum absolute atomic E-state index is 0.118. The summed E-state index contributed by atoms with van der Waals surface area (Å²) in [5.74, 6) is 0.0647. The Kier molecular flexibility index (Phi) is 5.19. The van der Waals surface area contributed by atoms with Gasteiger partial charge in [-0.2, -0.15) is 5.10 Å². The molecule has 7 heteroatoms. The molecule has 150 valence electrons. The summed E-state index contributed by atoms with van der Waals surface area (Å²) in [7, 11) is 1.62. The number of rotatable bonds is 5. The third-order valence-corrected chi connectivity index (χ3v) is 5.81. The highest BCUT2D eigenvalue weighted by Crippen LogP contribution is 2.45. The largest absolute Gasteiger partial charge is 0.507 e. The second-order valence-corrected chi connectivity index (χ2v) is 8.20. The van der Waals surface area contributed by atoms with Crippen LogP contribution in [0, 0.1) is 13.8 Å². The van der Waals surface area contributed by atoms with Gasteiger partial charge in [0.15, 0.2) is 0 Å². The predicted molar refractivity (Wildman–Crippen MR) is 114 cm³/mol. The number of phenolic OH excluding ortho intramolecular Hbond substituents is 1. The number of hydrogen-bond donors (Lipinski definition) is 2. The van der Waals surface area contributed by atoms with Gasteiger partial charge in [0.2, 0.25) is 0 Å². The Morgan fingerprint density at radius 3 is 2.66 bits per heavy atom. The van der Waals surface area contributed by atoms with Crippen molar-refractivity contribution in [3.8, 4) is 17.0 Å². The lowest BCUT2D eigenvalue weighted by Gasteiger charge is -2.26. The van der Waals surface area contributed by atoms with Crippen LogP contribution in [0.2, 0.25) is 0 Å². The number of aromatic amines is 1. The number of hydrogen-bond acceptors (Lipinski definition) is 4. The zero-order valence-corrected chi connectivity index (χ0v) is 18.1. The minimum Gasteiger partial charge on any atom is -0.507 e. The number of nitrogens with zero attached hydrogens (tertiary/aromatic N) is 2. The van der Waals surface area contributed by atoms with Crippen LogP contribution in [-0.4, -0.2) is 46.4 Å². The first-order valence-corrected chi connectivity index (χ1v) is 10.2. The van der Waals surface area contributed by atoms with Gasteiger partial charge >= 0.3 is 0 Å². The van der Waals surface area contributed by atoms with Crippen molar-refractivity contribution >= 4 is 21.8 Å². The monoisotopic (exact) mass is 455 g/mol. The molecule has 1 unspecified atom stereocenters. The lowest BCUT2D eigenvalue weighted by Crippen LogP contribution is -2.32. The molecule has 2 aromatic carbocycles. The van der Waals surface area contributed by atoms with Crippen molar-refractivity contribution in [2.75, 3.05) is 20.3 Å². The smallest absolute Gasteiger partial charge is 0.273 e. The Balaban J connectivity index is 1.91. The summed E-state index contributed by atoms with van der Waals surface area (Å²) in [6.07, 6.45) is 0. The molecule has 6 nitrogen and oxygen atoms in total. The average Bonchev–Trinajstić information content (AvgIpc) is 3.23. The van der Waals surface area contributed by atoms with Crippen LogP contribution in [0.25, 0.3) is 11.3 Å². The van der Waals surface area contributed by atoms with Crippen molar-refractivity contribution in [2.45, 2.75) is 19.9 Å². The molecular formula is C22H22BrN3O3. The van der Waals surface area contributed by atoms with Gasteiger partial charge in [0.1, 0.15) is 17.1 Å². The number of H-pyrrole nitrogens is 1. The van der Waals surface area contributed by atoms with Crippen LogP contribution in [-0.2, 0) is 4.74 Å². The van der Waals surface area contributed by atoms with Gasteiger partial charge in [-0.15, -0.1) is 0 Å². The highest BCUT2D eigenvalue weighted by molar-refractivity contribution is 9.10. The Labute approximate surface area is 177 Å². The molecule has 1 atom stereocenters. The zero-order chi connectivity index (χ0) is 20.7. The molecule has 2 heterocycles. The molecular weight excluding hydrogens is 434 g/mol. The number of nitrogens with one attached hydrogen (secondary N) is 1. The molecule has 0 radical (unpaired) electrons. The van der Waals surface area contributed by atoms with E-state index in [1.165, 1.54) is 0 Å². The number of aromatic nitrogens is 2. The summed E-state index contributed by atoms with van der Waals surface area (Å²) in [5.41, 5.74) is 5.25. The van der Waals surface area contributed by atoms with Crippen LogP contribution in [0.1, 0.15) is 38.8 Å². The highest BCUT2D eigenvalue weighted by Gasteiger charge is 2.42. The first-order chi connectivity index (χ1) is 13.9. The van der Waals surface area contributed by atoms with Crippen LogP contribution in [0.4, 0.5) is 0 Å². The second-order valence-electron chi connectivity index (χ2n) is 7.28. The van der Waals surface area contributed by atoms with Gasteiger partial charge in [0.05, 0.1) is 12.6 Å². The summed E-state index contributed by atoms with van der Waals surface area (Å²) in [4.78, 5) is 14.9. The van der Waals surface area contributed by atoms with E-state index < -0.39 is 0 Å². The number of phenols is 1. The number of fused-ring (bicyclic) bond motifs is 1. The van der Waals surface area contributed by atoms with Crippen LogP contribution in [0.3, 0.4) is 0 Å². The highest BCUT2D eigenvalue weighted by atomic mass is 79.9. The number of aryl methyl sites for hydroxylation is 2.